The van der Waals surface area contributed by atoms with Gasteiger partial charge >= 0.3 is 0 Å². The first-order valence-corrected chi connectivity index (χ1v) is 5.55. The number of ether oxygens (including phenoxy) is 1. The van der Waals surface area contributed by atoms with Crippen LogP contribution in [-0.4, -0.2) is 32.1 Å². The van der Waals surface area contributed by atoms with Crippen LogP contribution in [0.3, 0.4) is 0 Å². The van der Waals surface area contributed by atoms with Crippen molar-refractivity contribution in [3.63, 3.8) is 0 Å². The highest BCUT2D eigenvalue weighted by atomic mass is 79.9. The summed E-state index contributed by atoms with van der Waals surface area (Å²) in [4.78, 5) is 4.78. The molecular formula is C10H13BrN4O. The van der Waals surface area contributed by atoms with Crippen molar-refractivity contribution in [3.8, 4) is 5.75 Å². The predicted molar refractivity (Wildman–Crippen MR) is 67.0 cm³/mol. The van der Waals surface area contributed by atoms with E-state index in [0.717, 1.165) is 11.0 Å². The van der Waals surface area contributed by atoms with Crippen molar-refractivity contribution in [2.45, 2.75) is 0 Å². The Morgan fingerprint density at radius 2 is 2.25 bits per heavy atom. The highest BCUT2D eigenvalue weighted by Gasteiger charge is 2.03. The van der Waals surface area contributed by atoms with Gasteiger partial charge in [0.1, 0.15) is 12.4 Å². The van der Waals surface area contributed by atoms with Gasteiger partial charge in [0.15, 0.2) is 0 Å². The Morgan fingerprint density at radius 3 is 2.88 bits per heavy atom. The minimum Gasteiger partial charge on any atom is -0.492 e. The first kappa shape index (κ1) is 12.8. The van der Waals surface area contributed by atoms with E-state index in [1.807, 2.05) is 25.1 Å². The molecule has 0 fully saturated rings. The lowest BCUT2D eigenvalue weighted by molar-refractivity contribution is 0.262. The summed E-state index contributed by atoms with van der Waals surface area (Å²) in [5.41, 5.74) is 8.91. The number of nitrogens with zero attached hydrogens (tertiary/aromatic N) is 4. The van der Waals surface area contributed by atoms with Crippen molar-refractivity contribution < 1.29 is 4.74 Å². The highest BCUT2D eigenvalue weighted by molar-refractivity contribution is 9.10. The van der Waals surface area contributed by atoms with E-state index in [-0.39, 0.29) is 0 Å². The van der Waals surface area contributed by atoms with Crippen LogP contribution in [0.1, 0.15) is 0 Å². The largest absolute Gasteiger partial charge is 0.492 e. The molecule has 0 spiro atoms. The molecule has 0 N–H and O–H groups in total. The molecule has 1 aromatic rings. The molecule has 0 atom stereocenters. The van der Waals surface area contributed by atoms with Gasteiger partial charge in [0, 0.05) is 15.9 Å². The summed E-state index contributed by atoms with van der Waals surface area (Å²) < 4.78 is 6.44. The van der Waals surface area contributed by atoms with Crippen molar-refractivity contribution in [1.29, 1.82) is 0 Å². The molecule has 0 aliphatic heterocycles. The topological polar surface area (TPSA) is 61.2 Å². The molecule has 0 unspecified atom stereocenters. The Kier molecular flexibility index (Phi) is 5.11. The number of hydrogen-bond donors (Lipinski definition) is 0. The number of likely N-dealkylation sites (N-methyl/N-ethyl adjacent to an activating group) is 1. The molecule has 1 rings (SSSR count). The SMILES string of the molecule is CN(C)CCOc1cc(Br)ccc1N=[N+]=[N-]. The average molecular weight is 285 g/mol. The summed E-state index contributed by atoms with van der Waals surface area (Å²) in [5, 5.41) is 3.57. The lowest BCUT2D eigenvalue weighted by Gasteiger charge is -2.12. The zero-order chi connectivity index (χ0) is 12.0. The Hall–Kier alpha value is -1.23. The summed E-state index contributed by atoms with van der Waals surface area (Å²) in [6.45, 7) is 1.36. The summed E-state index contributed by atoms with van der Waals surface area (Å²) in [5.74, 6) is 0.592. The molecule has 0 heterocycles. The number of halogens is 1. The minimum atomic E-state index is 0.504. The van der Waals surface area contributed by atoms with Crippen LogP contribution >= 0.6 is 15.9 Å². The number of hydrogen-bond acceptors (Lipinski definition) is 3. The van der Waals surface area contributed by atoms with E-state index in [4.69, 9.17) is 10.3 Å². The summed E-state index contributed by atoms with van der Waals surface area (Å²) in [6.07, 6.45) is 0. The zero-order valence-corrected chi connectivity index (χ0v) is 10.8. The average Bonchev–Trinajstić information content (AvgIpc) is 2.21. The van der Waals surface area contributed by atoms with Gasteiger partial charge in [-0.15, -0.1) is 0 Å². The second-order valence-corrected chi connectivity index (χ2v) is 4.37. The molecule has 1 aromatic carbocycles. The summed E-state index contributed by atoms with van der Waals surface area (Å²) in [6, 6.07) is 5.32. The van der Waals surface area contributed by atoms with E-state index in [1.54, 1.807) is 12.1 Å². The Morgan fingerprint density at radius 1 is 1.50 bits per heavy atom. The Balaban J connectivity index is 2.75. The van der Waals surface area contributed by atoms with Crippen LogP contribution in [0, 0.1) is 0 Å². The maximum atomic E-state index is 8.41. The number of benzene rings is 1. The van der Waals surface area contributed by atoms with Crippen LogP contribution in [0.5, 0.6) is 5.75 Å². The minimum absolute atomic E-state index is 0.504. The molecule has 0 saturated carbocycles. The van der Waals surface area contributed by atoms with E-state index >= 15 is 0 Å². The van der Waals surface area contributed by atoms with Crippen molar-refractivity contribution in [2.24, 2.45) is 5.11 Å². The quantitative estimate of drug-likeness (QED) is 0.473. The molecular weight excluding hydrogens is 272 g/mol. The molecule has 86 valence electrons. The first-order valence-electron chi connectivity index (χ1n) is 4.75. The Labute approximate surface area is 103 Å². The van der Waals surface area contributed by atoms with Gasteiger partial charge in [-0.25, -0.2) is 0 Å². The van der Waals surface area contributed by atoms with Crippen LogP contribution in [0.4, 0.5) is 5.69 Å². The second-order valence-electron chi connectivity index (χ2n) is 3.45. The van der Waals surface area contributed by atoms with E-state index in [0.29, 0.717) is 18.0 Å². The molecule has 5 nitrogen and oxygen atoms in total. The van der Waals surface area contributed by atoms with E-state index in [1.165, 1.54) is 0 Å². The van der Waals surface area contributed by atoms with Crippen molar-refractivity contribution in [3.05, 3.63) is 33.1 Å². The monoisotopic (exact) mass is 284 g/mol. The van der Waals surface area contributed by atoms with Crippen LogP contribution < -0.4 is 4.74 Å². The third kappa shape index (κ3) is 4.10. The highest BCUT2D eigenvalue weighted by Crippen LogP contribution is 2.30. The molecule has 0 bridgehead atoms. The van der Waals surface area contributed by atoms with E-state index in [2.05, 4.69) is 26.0 Å². The molecule has 0 radical (unpaired) electrons. The molecule has 0 aromatic heterocycles. The zero-order valence-electron chi connectivity index (χ0n) is 9.22. The van der Waals surface area contributed by atoms with Crippen LogP contribution in [0.25, 0.3) is 10.4 Å². The normalized spacial score (nSPS) is 10.0. The van der Waals surface area contributed by atoms with Gasteiger partial charge in [-0.3, -0.25) is 0 Å². The number of rotatable bonds is 5. The standard InChI is InChI=1S/C10H13BrN4O/c1-15(2)5-6-16-10-7-8(11)3-4-9(10)13-14-12/h3-4,7H,5-6H2,1-2H3. The summed E-state index contributed by atoms with van der Waals surface area (Å²) >= 11 is 3.34. The molecule has 16 heavy (non-hydrogen) atoms. The molecule has 0 aliphatic carbocycles. The molecule has 6 heteroatoms. The smallest absolute Gasteiger partial charge is 0.130 e. The summed E-state index contributed by atoms with van der Waals surface area (Å²) in [7, 11) is 3.94. The lowest BCUT2D eigenvalue weighted by atomic mass is 10.3. The Bertz CT molecular complexity index is 402. The third-order valence-corrected chi connectivity index (χ3v) is 2.36. The van der Waals surface area contributed by atoms with Gasteiger partial charge in [-0.1, -0.05) is 21.0 Å². The third-order valence-electron chi connectivity index (χ3n) is 1.87. The van der Waals surface area contributed by atoms with E-state index < -0.39 is 0 Å². The maximum absolute atomic E-state index is 8.41. The fourth-order valence-corrected chi connectivity index (χ4v) is 1.41. The fourth-order valence-electron chi connectivity index (χ4n) is 1.07. The van der Waals surface area contributed by atoms with Gasteiger partial charge in [0.25, 0.3) is 0 Å². The van der Waals surface area contributed by atoms with Crippen LogP contribution in [0.2, 0.25) is 0 Å². The molecule has 0 aliphatic rings. The second kappa shape index (κ2) is 6.37. The first-order chi connectivity index (χ1) is 7.63. The lowest BCUT2D eigenvalue weighted by Crippen LogP contribution is -2.19. The van der Waals surface area contributed by atoms with Gasteiger partial charge in [0.05, 0.1) is 5.69 Å². The van der Waals surface area contributed by atoms with Crippen molar-refractivity contribution >= 4 is 21.6 Å². The van der Waals surface area contributed by atoms with Gasteiger partial charge in [0.2, 0.25) is 0 Å². The van der Waals surface area contributed by atoms with Gasteiger partial charge < -0.3 is 9.64 Å². The molecule has 0 amide bonds. The van der Waals surface area contributed by atoms with Crippen molar-refractivity contribution in [1.82, 2.24) is 4.90 Å². The van der Waals surface area contributed by atoms with Crippen molar-refractivity contribution in [2.75, 3.05) is 27.2 Å². The van der Waals surface area contributed by atoms with Crippen LogP contribution in [0.15, 0.2) is 27.8 Å². The predicted octanol–water partition coefficient (Wildman–Crippen LogP) is 3.33. The van der Waals surface area contributed by atoms with Crippen LogP contribution in [-0.2, 0) is 0 Å². The maximum Gasteiger partial charge on any atom is 0.130 e. The number of azide groups is 1. The van der Waals surface area contributed by atoms with Gasteiger partial charge in [-0.2, -0.15) is 0 Å². The van der Waals surface area contributed by atoms with E-state index in [9.17, 15) is 0 Å². The van der Waals surface area contributed by atoms with Gasteiger partial charge in [-0.05, 0) is 37.8 Å². The fraction of sp³-hybridized carbons (Fsp3) is 0.400. The molecule has 0 saturated heterocycles.